The summed E-state index contributed by atoms with van der Waals surface area (Å²) in [6, 6.07) is 0. The normalized spacial score (nSPS) is 10.7. The third-order valence-corrected chi connectivity index (χ3v) is 3.37. The van der Waals surface area contributed by atoms with Gasteiger partial charge in [-0.15, -0.1) is 0 Å². The van der Waals surface area contributed by atoms with Gasteiger partial charge in [0.2, 0.25) is 5.75 Å². The number of hydrogen-bond donors (Lipinski definition) is 1. The van der Waals surface area contributed by atoms with Gasteiger partial charge >= 0.3 is 5.56 Å². The first-order valence-electron chi connectivity index (χ1n) is 7.80. The lowest BCUT2D eigenvalue weighted by Gasteiger charge is -2.12. The van der Waals surface area contributed by atoms with Crippen molar-refractivity contribution < 1.29 is 14.3 Å². The van der Waals surface area contributed by atoms with E-state index in [2.05, 4.69) is 12.2 Å². The Morgan fingerprint density at radius 2 is 1.82 bits per heavy atom. The Morgan fingerprint density at radius 3 is 2.41 bits per heavy atom. The lowest BCUT2D eigenvalue weighted by molar-refractivity contribution is 0.0551. The van der Waals surface area contributed by atoms with Gasteiger partial charge in [-0.1, -0.05) is 26.7 Å². The molecule has 1 aromatic rings. The second-order valence-electron chi connectivity index (χ2n) is 5.08. The zero-order valence-corrected chi connectivity index (χ0v) is 14.0. The Kier molecular flexibility index (Phi) is 7.73. The van der Waals surface area contributed by atoms with Gasteiger partial charge in [-0.3, -0.25) is 9.59 Å². The van der Waals surface area contributed by atoms with Crippen molar-refractivity contribution in [3.05, 3.63) is 16.0 Å². The number of carbonyl (C=O) groups excluding carboxylic acids is 1. The van der Waals surface area contributed by atoms with Crippen molar-refractivity contribution in [1.29, 1.82) is 0 Å². The van der Waals surface area contributed by atoms with Crippen molar-refractivity contribution >= 4 is 5.91 Å². The molecule has 1 N–H and O–H groups in total. The van der Waals surface area contributed by atoms with Gasteiger partial charge in [0.15, 0.2) is 5.69 Å². The van der Waals surface area contributed by atoms with Gasteiger partial charge in [0.1, 0.15) is 6.73 Å². The fraction of sp³-hybridized carbons (Fsp3) is 0.733. The average Bonchev–Trinajstić information content (AvgIpc) is 2.76. The number of ether oxygens (including phenoxy) is 2. The zero-order chi connectivity index (χ0) is 16.5. The molecule has 0 aromatic carbocycles. The van der Waals surface area contributed by atoms with Gasteiger partial charge in [-0.05, 0) is 12.8 Å². The maximum Gasteiger partial charge on any atom is 0.309 e. The molecule has 0 saturated heterocycles. The van der Waals surface area contributed by atoms with E-state index in [-0.39, 0.29) is 29.6 Å². The second kappa shape index (κ2) is 9.30. The van der Waals surface area contributed by atoms with Crippen LogP contribution in [0.2, 0.25) is 0 Å². The zero-order valence-electron chi connectivity index (χ0n) is 14.0. The maximum absolute atomic E-state index is 12.3. The van der Waals surface area contributed by atoms with Gasteiger partial charge < -0.3 is 14.8 Å². The molecule has 0 radical (unpaired) electrons. The maximum atomic E-state index is 12.3. The Labute approximate surface area is 131 Å². The third-order valence-electron chi connectivity index (χ3n) is 3.37. The van der Waals surface area contributed by atoms with Crippen LogP contribution in [0.4, 0.5) is 0 Å². The van der Waals surface area contributed by atoms with E-state index in [1.165, 1.54) is 16.4 Å². The smallest absolute Gasteiger partial charge is 0.309 e. The molecular weight excluding hydrogens is 286 g/mol. The SMILES string of the molecule is CCCCOCn1c(C(=O)NC)c(OCCCC)c(=O)n1C. The van der Waals surface area contributed by atoms with E-state index in [9.17, 15) is 9.59 Å². The number of rotatable bonds is 10. The van der Waals surface area contributed by atoms with Gasteiger partial charge in [0.25, 0.3) is 5.91 Å². The fourth-order valence-corrected chi connectivity index (χ4v) is 1.96. The quantitative estimate of drug-likeness (QED) is 0.664. The first kappa shape index (κ1) is 18.3. The van der Waals surface area contributed by atoms with Crippen LogP contribution < -0.4 is 15.6 Å². The lowest BCUT2D eigenvalue weighted by Crippen LogP contribution is -2.26. The van der Waals surface area contributed by atoms with Gasteiger partial charge in [-0.25, -0.2) is 9.36 Å². The molecule has 0 fully saturated rings. The van der Waals surface area contributed by atoms with Crippen molar-refractivity contribution in [2.75, 3.05) is 20.3 Å². The van der Waals surface area contributed by atoms with Crippen molar-refractivity contribution in [2.24, 2.45) is 7.05 Å². The molecule has 0 aliphatic heterocycles. The van der Waals surface area contributed by atoms with Crippen LogP contribution in [0.5, 0.6) is 5.75 Å². The topological polar surface area (TPSA) is 74.5 Å². The minimum Gasteiger partial charge on any atom is -0.486 e. The van der Waals surface area contributed by atoms with E-state index < -0.39 is 0 Å². The first-order valence-corrected chi connectivity index (χ1v) is 7.80. The van der Waals surface area contributed by atoms with E-state index in [1.54, 1.807) is 7.05 Å². The van der Waals surface area contributed by atoms with Gasteiger partial charge in [0.05, 0.1) is 6.61 Å². The van der Waals surface area contributed by atoms with Crippen LogP contribution in [0.3, 0.4) is 0 Å². The molecule has 0 bridgehead atoms. The number of nitrogens with one attached hydrogen (secondary N) is 1. The van der Waals surface area contributed by atoms with Crippen LogP contribution in [0.1, 0.15) is 50.0 Å². The molecular formula is C15H27N3O4. The largest absolute Gasteiger partial charge is 0.486 e. The summed E-state index contributed by atoms with van der Waals surface area (Å²) in [5.74, 6) is -0.266. The highest BCUT2D eigenvalue weighted by atomic mass is 16.5. The Balaban J connectivity index is 3.04. The molecule has 126 valence electrons. The molecule has 1 amide bonds. The minimum absolute atomic E-state index is 0.0920. The summed E-state index contributed by atoms with van der Waals surface area (Å²) in [6.45, 7) is 5.25. The average molecular weight is 313 g/mol. The summed E-state index contributed by atoms with van der Waals surface area (Å²) in [7, 11) is 3.13. The first-order chi connectivity index (χ1) is 10.6. The molecule has 0 aliphatic rings. The van der Waals surface area contributed by atoms with E-state index in [4.69, 9.17) is 9.47 Å². The van der Waals surface area contributed by atoms with Crippen LogP contribution in [0, 0.1) is 0 Å². The number of nitrogens with zero attached hydrogens (tertiary/aromatic N) is 2. The van der Waals surface area contributed by atoms with Crippen LogP contribution in [-0.2, 0) is 18.5 Å². The van der Waals surface area contributed by atoms with Crippen LogP contribution >= 0.6 is 0 Å². The van der Waals surface area contributed by atoms with Crippen molar-refractivity contribution in [1.82, 2.24) is 14.7 Å². The lowest BCUT2D eigenvalue weighted by atomic mass is 10.3. The Hall–Kier alpha value is -1.76. The fourth-order valence-electron chi connectivity index (χ4n) is 1.96. The van der Waals surface area contributed by atoms with Crippen LogP contribution in [0.15, 0.2) is 4.79 Å². The highest BCUT2D eigenvalue weighted by molar-refractivity contribution is 5.95. The van der Waals surface area contributed by atoms with Crippen molar-refractivity contribution in [3.8, 4) is 5.75 Å². The van der Waals surface area contributed by atoms with Gasteiger partial charge in [0, 0.05) is 20.7 Å². The number of hydrogen-bond acceptors (Lipinski definition) is 4. The van der Waals surface area contributed by atoms with E-state index in [0.717, 1.165) is 25.7 Å². The standard InChI is InChI=1S/C15H27N3O4/c1-5-7-9-21-11-18-12(14(19)16-3)13(15(20)17(18)4)22-10-8-6-2/h5-11H2,1-4H3,(H,16,19). The van der Waals surface area contributed by atoms with E-state index in [1.807, 2.05) is 6.92 Å². The monoisotopic (exact) mass is 313 g/mol. The summed E-state index contributed by atoms with van der Waals surface area (Å²) in [6.07, 6.45) is 3.74. The molecule has 7 heteroatoms. The summed E-state index contributed by atoms with van der Waals surface area (Å²) in [4.78, 5) is 24.4. The van der Waals surface area contributed by atoms with E-state index in [0.29, 0.717) is 13.2 Å². The molecule has 1 aromatic heterocycles. The molecule has 0 aliphatic carbocycles. The molecule has 1 heterocycles. The number of aromatic nitrogens is 2. The van der Waals surface area contributed by atoms with Gasteiger partial charge in [-0.2, -0.15) is 0 Å². The Morgan fingerprint density at radius 1 is 1.18 bits per heavy atom. The second-order valence-corrected chi connectivity index (χ2v) is 5.08. The molecule has 0 atom stereocenters. The predicted molar refractivity (Wildman–Crippen MR) is 84.3 cm³/mol. The summed E-state index contributed by atoms with van der Waals surface area (Å²) in [5.41, 5.74) is -0.114. The Bertz CT molecular complexity index is 534. The van der Waals surface area contributed by atoms with Crippen LogP contribution in [0.25, 0.3) is 0 Å². The summed E-state index contributed by atoms with van der Waals surface area (Å²) < 4.78 is 14.0. The van der Waals surface area contributed by atoms with Crippen molar-refractivity contribution in [2.45, 2.75) is 46.3 Å². The van der Waals surface area contributed by atoms with Crippen molar-refractivity contribution in [3.63, 3.8) is 0 Å². The van der Waals surface area contributed by atoms with Crippen LogP contribution in [-0.4, -0.2) is 35.5 Å². The minimum atomic E-state index is -0.358. The van der Waals surface area contributed by atoms with E-state index >= 15 is 0 Å². The highest BCUT2D eigenvalue weighted by Crippen LogP contribution is 2.15. The summed E-state index contributed by atoms with van der Waals surface area (Å²) >= 11 is 0. The molecule has 1 rings (SSSR count). The highest BCUT2D eigenvalue weighted by Gasteiger charge is 2.24. The molecule has 7 nitrogen and oxygen atoms in total. The summed E-state index contributed by atoms with van der Waals surface area (Å²) in [5, 5.41) is 2.55. The molecule has 0 spiro atoms. The number of carbonyl (C=O) groups is 1. The third kappa shape index (κ3) is 4.37. The number of unbranched alkanes of at least 4 members (excludes halogenated alkanes) is 2. The molecule has 0 unspecified atom stereocenters. The number of amides is 1. The molecule has 22 heavy (non-hydrogen) atoms. The predicted octanol–water partition coefficient (Wildman–Crippen LogP) is 1.50. The molecule has 0 saturated carbocycles.